The highest BCUT2D eigenvalue weighted by atomic mass is 16.1. The van der Waals surface area contributed by atoms with E-state index in [1.807, 2.05) is 38.1 Å². The second-order valence-electron chi connectivity index (χ2n) is 10.4. The molecule has 3 rings (SSSR count). The van der Waals surface area contributed by atoms with Crippen LogP contribution in [0.15, 0.2) is 30.5 Å². The zero-order valence-electron chi connectivity index (χ0n) is 21.3. The van der Waals surface area contributed by atoms with E-state index >= 15 is 0 Å². The summed E-state index contributed by atoms with van der Waals surface area (Å²) < 4.78 is 0. The molecule has 1 aliphatic carbocycles. The van der Waals surface area contributed by atoms with Crippen molar-refractivity contribution < 1.29 is 4.79 Å². The summed E-state index contributed by atoms with van der Waals surface area (Å²) in [6.45, 7) is 15.7. The smallest absolute Gasteiger partial charge is 0.255 e. The third-order valence-electron chi connectivity index (χ3n) is 8.06. The van der Waals surface area contributed by atoms with Crippen LogP contribution in [0.5, 0.6) is 0 Å². The van der Waals surface area contributed by atoms with Crippen LogP contribution in [0.4, 0.5) is 11.6 Å². The van der Waals surface area contributed by atoms with E-state index in [-0.39, 0.29) is 18.0 Å². The second-order valence-corrected chi connectivity index (χ2v) is 10.4. The van der Waals surface area contributed by atoms with Crippen molar-refractivity contribution >= 4 is 17.5 Å². The van der Waals surface area contributed by atoms with Gasteiger partial charge in [0.05, 0.1) is 11.3 Å². The van der Waals surface area contributed by atoms with Crippen molar-refractivity contribution in [2.45, 2.75) is 79.8 Å². The van der Waals surface area contributed by atoms with Gasteiger partial charge in [0.1, 0.15) is 0 Å². The monoisotopic (exact) mass is 451 g/mol. The number of hydrogen-bond donors (Lipinski definition) is 3. The summed E-state index contributed by atoms with van der Waals surface area (Å²) in [4.78, 5) is 22.4. The number of amides is 1. The van der Waals surface area contributed by atoms with E-state index in [9.17, 15) is 4.79 Å². The Hall–Kier alpha value is -2.63. The first-order valence-corrected chi connectivity index (χ1v) is 12.4. The number of anilines is 2. The fourth-order valence-corrected chi connectivity index (χ4v) is 5.02. The number of hydrogen-bond acceptors (Lipinski definition) is 5. The van der Waals surface area contributed by atoms with Crippen molar-refractivity contribution in [1.29, 1.82) is 0 Å². The third-order valence-corrected chi connectivity index (χ3v) is 8.06. The van der Waals surface area contributed by atoms with Gasteiger partial charge in [-0.15, -0.1) is 0 Å². The van der Waals surface area contributed by atoms with Crippen molar-refractivity contribution in [3.05, 3.63) is 36.0 Å². The van der Waals surface area contributed by atoms with Gasteiger partial charge in [-0.3, -0.25) is 4.79 Å². The highest BCUT2D eigenvalue weighted by Crippen LogP contribution is 2.55. The summed E-state index contributed by atoms with van der Waals surface area (Å²) >= 11 is 0. The highest BCUT2D eigenvalue weighted by Gasteiger charge is 2.48. The summed E-state index contributed by atoms with van der Waals surface area (Å²) in [5, 5.41) is 6.63. The van der Waals surface area contributed by atoms with E-state index in [1.165, 1.54) is 6.42 Å². The SMILES string of the molecule is CCC(C)NC(=O)c1cnc(NC(CC)C(C)C2CC(C)C2(C)C)nc1-c1ccc(N)cc1. The summed E-state index contributed by atoms with van der Waals surface area (Å²) in [6, 6.07) is 7.81. The van der Waals surface area contributed by atoms with Crippen molar-refractivity contribution in [2.75, 3.05) is 11.1 Å². The quantitative estimate of drug-likeness (QED) is 0.421. The van der Waals surface area contributed by atoms with Crippen molar-refractivity contribution in [2.24, 2.45) is 23.2 Å². The number of rotatable bonds is 9. The van der Waals surface area contributed by atoms with Gasteiger partial charge in [0, 0.05) is 29.5 Å². The van der Waals surface area contributed by atoms with E-state index in [1.54, 1.807) is 6.20 Å². The number of carbonyl (C=O) groups is 1. The van der Waals surface area contributed by atoms with Crippen LogP contribution >= 0.6 is 0 Å². The zero-order chi connectivity index (χ0) is 24.3. The molecule has 0 spiro atoms. The lowest BCUT2D eigenvalue weighted by Gasteiger charge is -2.55. The minimum atomic E-state index is -0.159. The minimum absolute atomic E-state index is 0.0770. The Morgan fingerprint density at radius 3 is 2.39 bits per heavy atom. The van der Waals surface area contributed by atoms with Gasteiger partial charge in [-0.1, -0.05) is 53.7 Å². The van der Waals surface area contributed by atoms with Crippen LogP contribution in [-0.2, 0) is 0 Å². The number of nitrogens with zero attached hydrogens (tertiary/aromatic N) is 2. The van der Waals surface area contributed by atoms with Crippen LogP contribution in [0.2, 0.25) is 0 Å². The molecule has 1 amide bonds. The van der Waals surface area contributed by atoms with Gasteiger partial charge in [-0.05, 0) is 61.5 Å². The molecule has 1 aromatic carbocycles. The maximum absolute atomic E-state index is 13.0. The molecule has 6 nitrogen and oxygen atoms in total. The molecular formula is C27H41N5O. The maximum atomic E-state index is 13.0. The molecule has 0 saturated heterocycles. The molecule has 1 saturated carbocycles. The van der Waals surface area contributed by atoms with Crippen LogP contribution in [0.1, 0.15) is 78.1 Å². The number of nitrogens with two attached hydrogens (primary N) is 1. The van der Waals surface area contributed by atoms with E-state index in [0.717, 1.165) is 24.3 Å². The Morgan fingerprint density at radius 2 is 1.85 bits per heavy atom. The van der Waals surface area contributed by atoms with E-state index in [2.05, 4.69) is 50.2 Å². The predicted molar refractivity (Wildman–Crippen MR) is 137 cm³/mol. The first-order chi connectivity index (χ1) is 15.6. The molecule has 0 radical (unpaired) electrons. The lowest BCUT2D eigenvalue weighted by Crippen LogP contribution is -2.50. The molecule has 180 valence electrons. The van der Waals surface area contributed by atoms with Gasteiger partial charge in [0.15, 0.2) is 0 Å². The molecule has 4 N–H and O–H groups in total. The molecule has 2 aromatic rings. The van der Waals surface area contributed by atoms with Gasteiger partial charge in [0.2, 0.25) is 5.95 Å². The summed E-state index contributed by atoms with van der Waals surface area (Å²) in [6.07, 6.45) is 4.75. The third kappa shape index (κ3) is 5.31. The average Bonchev–Trinajstić information content (AvgIpc) is 2.80. The molecule has 1 aliphatic rings. The molecule has 5 unspecified atom stereocenters. The van der Waals surface area contributed by atoms with Crippen LogP contribution in [0.25, 0.3) is 11.3 Å². The molecule has 1 aromatic heterocycles. The Kier molecular flexibility index (Phi) is 7.65. The van der Waals surface area contributed by atoms with Crippen molar-refractivity contribution in [3.63, 3.8) is 0 Å². The first kappa shape index (κ1) is 25.0. The molecule has 0 aliphatic heterocycles. The van der Waals surface area contributed by atoms with E-state index < -0.39 is 0 Å². The average molecular weight is 452 g/mol. The lowest BCUT2D eigenvalue weighted by molar-refractivity contribution is -0.0473. The molecule has 33 heavy (non-hydrogen) atoms. The Balaban J connectivity index is 1.90. The van der Waals surface area contributed by atoms with E-state index in [0.29, 0.717) is 40.1 Å². The van der Waals surface area contributed by atoms with Crippen LogP contribution in [0, 0.1) is 23.2 Å². The van der Waals surface area contributed by atoms with E-state index in [4.69, 9.17) is 10.7 Å². The second kappa shape index (κ2) is 10.1. The molecule has 5 atom stereocenters. The Morgan fingerprint density at radius 1 is 1.18 bits per heavy atom. The van der Waals surface area contributed by atoms with Gasteiger partial charge in [0.25, 0.3) is 5.91 Å². The Labute approximate surface area is 199 Å². The van der Waals surface area contributed by atoms with Gasteiger partial charge in [-0.2, -0.15) is 0 Å². The predicted octanol–water partition coefficient (Wildman–Crippen LogP) is 5.76. The minimum Gasteiger partial charge on any atom is -0.399 e. The maximum Gasteiger partial charge on any atom is 0.255 e. The van der Waals surface area contributed by atoms with Gasteiger partial charge < -0.3 is 16.4 Å². The van der Waals surface area contributed by atoms with Crippen LogP contribution in [0.3, 0.4) is 0 Å². The fraction of sp³-hybridized carbons (Fsp3) is 0.593. The van der Waals surface area contributed by atoms with Crippen LogP contribution < -0.4 is 16.4 Å². The number of benzene rings is 1. The Bertz CT molecular complexity index is 955. The number of aromatic nitrogens is 2. The molecule has 1 heterocycles. The number of nitrogen functional groups attached to an aromatic ring is 1. The lowest BCUT2D eigenvalue weighted by atomic mass is 9.51. The summed E-state index contributed by atoms with van der Waals surface area (Å²) in [7, 11) is 0. The van der Waals surface area contributed by atoms with Crippen molar-refractivity contribution in [1.82, 2.24) is 15.3 Å². The number of nitrogens with one attached hydrogen (secondary N) is 2. The largest absolute Gasteiger partial charge is 0.399 e. The normalized spacial score (nSPS) is 22.0. The summed E-state index contributed by atoms with van der Waals surface area (Å²) in [5.74, 6) is 2.32. The first-order valence-electron chi connectivity index (χ1n) is 12.4. The number of carbonyl (C=O) groups excluding carboxylic acids is 1. The highest BCUT2D eigenvalue weighted by molar-refractivity contribution is 6.00. The van der Waals surface area contributed by atoms with Crippen LogP contribution in [-0.4, -0.2) is 28.0 Å². The topological polar surface area (TPSA) is 92.9 Å². The fourth-order valence-electron chi connectivity index (χ4n) is 5.02. The summed E-state index contributed by atoms with van der Waals surface area (Å²) in [5.41, 5.74) is 8.85. The van der Waals surface area contributed by atoms with Gasteiger partial charge >= 0.3 is 0 Å². The van der Waals surface area contributed by atoms with Crippen molar-refractivity contribution in [3.8, 4) is 11.3 Å². The molecular weight excluding hydrogens is 410 g/mol. The molecule has 1 fully saturated rings. The van der Waals surface area contributed by atoms with Gasteiger partial charge in [-0.25, -0.2) is 9.97 Å². The zero-order valence-corrected chi connectivity index (χ0v) is 21.3. The molecule has 0 bridgehead atoms. The standard InChI is InChI=1S/C27H41N5O/c1-8-17(4)30-25(33)21-15-29-26(32-24(21)19-10-12-20(28)13-11-19)31-23(9-2)18(5)22-14-16(3)27(22,6)7/h10-13,15-18,22-23H,8-9,14,28H2,1-7H3,(H,30,33)(H,29,31,32). The molecule has 6 heteroatoms.